The molecule has 1 aliphatic rings. The number of halogens is 3. The highest BCUT2D eigenvalue weighted by Gasteiger charge is 2.30. The maximum Gasteiger partial charge on any atom is 0.416 e. The Balaban J connectivity index is 1.91. The van der Waals surface area contributed by atoms with E-state index in [-0.39, 0.29) is 17.9 Å². The predicted molar refractivity (Wildman–Crippen MR) is 70.3 cm³/mol. The van der Waals surface area contributed by atoms with E-state index >= 15 is 0 Å². The highest BCUT2D eigenvalue weighted by atomic mass is 32.2. The van der Waals surface area contributed by atoms with Gasteiger partial charge in [-0.1, -0.05) is 12.1 Å². The lowest BCUT2D eigenvalue weighted by Crippen LogP contribution is -2.36. The van der Waals surface area contributed by atoms with Crippen LogP contribution in [0.25, 0.3) is 0 Å². The molecule has 0 aliphatic carbocycles. The van der Waals surface area contributed by atoms with E-state index in [1.54, 1.807) is 0 Å². The molecule has 8 heteroatoms. The molecule has 1 unspecified atom stereocenters. The van der Waals surface area contributed by atoms with Crippen molar-refractivity contribution in [3.8, 4) is 0 Å². The summed E-state index contributed by atoms with van der Waals surface area (Å²) < 4.78 is 59.7. The molecule has 21 heavy (non-hydrogen) atoms. The zero-order valence-electron chi connectivity index (χ0n) is 11.0. The Labute approximate surface area is 120 Å². The highest BCUT2D eigenvalue weighted by molar-refractivity contribution is 7.91. The predicted octanol–water partition coefficient (Wildman–Crippen LogP) is 1.55. The lowest BCUT2D eigenvalue weighted by molar-refractivity contribution is -0.137. The molecule has 1 fully saturated rings. The minimum absolute atomic E-state index is 0.0538. The second-order valence-corrected chi connectivity index (χ2v) is 7.27. The van der Waals surface area contributed by atoms with Crippen molar-refractivity contribution in [3.63, 3.8) is 0 Å². The molecule has 1 heterocycles. The summed E-state index contributed by atoms with van der Waals surface area (Å²) >= 11 is 0. The quantitative estimate of drug-likeness (QED) is 0.919. The van der Waals surface area contributed by atoms with Crippen molar-refractivity contribution in [3.05, 3.63) is 35.4 Å². The van der Waals surface area contributed by atoms with Crippen molar-refractivity contribution in [2.24, 2.45) is 0 Å². The van der Waals surface area contributed by atoms with E-state index in [0.717, 1.165) is 12.1 Å². The summed E-state index contributed by atoms with van der Waals surface area (Å²) in [7, 11) is -3.08. The Kier molecular flexibility index (Phi) is 4.27. The van der Waals surface area contributed by atoms with Gasteiger partial charge in [-0.2, -0.15) is 13.2 Å². The fourth-order valence-corrected chi connectivity index (χ4v) is 3.86. The molecule has 1 aliphatic heterocycles. The fourth-order valence-electron chi connectivity index (χ4n) is 2.18. The summed E-state index contributed by atoms with van der Waals surface area (Å²) in [5.41, 5.74) is -0.324. The second-order valence-electron chi connectivity index (χ2n) is 5.04. The molecule has 0 aromatic heterocycles. The standard InChI is InChI=1S/C13H14F3NO3S/c14-13(15,16)10-3-1-9(2-4-10)7-12(18)17-11-5-6-21(19,20)8-11/h1-4,11H,5-8H2,(H,17,18). The van der Waals surface area contributed by atoms with Crippen LogP contribution < -0.4 is 5.32 Å². The topological polar surface area (TPSA) is 63.2 Å². The van der Waals surface area contributed by atoms with Crippen LogP contribution in [0.5, 0.6) is 0 Å². The van der Waals surface area contributed by atoms with Crippen LogP contribution in [-0.2, 0) is 27.2 Å². The molecule has 1 aromatic carbocycles. The first-order chi connectivity index (χ1) is 9.66. The van der Waals surface area contributed by atoms with Crippen molar-refractivity contribution in [2.45, 2.75) is 25.1 Å². The van der Waals surface area contributed by atoms with Gasteiger partial charge in [0, 0.05) is 6.04 Å². The number of hydrogen-bond donors (Lipinski definition) is 1. The van der Waals surface area contributed by atoms with E-state index in [1.807, 2.05) is 0 Å². The molecule has 0 bridgehead atoms. The summed E-state index contributed by atoms with van der Waals surface area (Å²) in [6.07, 6.45) is -4.10. The molecule has 1 saturated heterocycles. The summed E-state index contributed by atoms with van der Waals surface area (Å²) in [5.74, 6) is -0.416. The first-order valence-corrected chi connectivity index (χ1v) is 8.14. The third kappa shape index (κ3) is 4.45. The first-order valence-electron chi connectivity index (χ1n) is 6.32. The van der Waals surface area contributed by atoms with Gasteiger partial charge in [0.25, 0.3) is 0 Å². The van der Waals surface area contributed by atoms with Gasteiger partial charge in [0.15, 0.2) is 9.84 Å². The third-order valence-electron chi connectivity index (χ3n) is 3.24. The molecule has 4 nitrogen and oxygen atoms in total. The van der Waals surface area contributed by atoms with Gasteiger partial charge in [0.05, 0.1) is 23.5 Å². The van der Waals surface area contributed by atoms with Crippen LogP contribution in [0.1, 0.15) is 17.5 Å². The van der Waals surface area contributed by atoms with E-state index < -0.39 is 33.5 Å². The Morgan fingerprint density at radius 1 is 1.24 bits per heavy atom. The number of amides is 1. The van der Waals surface area contributed by atoms with Gasteiger partial charge < -0.3 is 5.32 Å². The summed E-state index contributed by atoms with van der Waals surface area (Å²) in [6, 6.07) is 3.92. The van der Waals surface area contributed by atoms with Crippen LogP contribution in [0, 0.1) is 0 Å². The molecule has 1 N–H and O–H groups in total. The molecule has 0 saturated carbocycles. The molecular formula is C13H14F3NO3S. The van der Waals surface area contributed by atoms with Crippen LogP contribution >= 0.6 is 0 Å². The largest absolute Gasteiger partial charge is 0.416 e. The maximum atomic E-state index is 12.4. The van der Waals surface area contributed by atoms with Crippen molar-refractivity contribution in [2.75, 3.05) is 11.5 Å². The van der Waals surface area contributed by atoms with Crippen LogP contribution in [0.3, 0.4) is 0 Å². The highest BCUT2D eigenvalue weighted by Crippen LogP contribution is 2.29. The maximum absolute atomic E-state index is 12.4. The molecular weight excluding hydrogens is 307 g/mol. The number of alkyl halides is 3. The van der Waals surface area contributed by atoms with E-state index in [9.17, 15) is 26.4 Å². The van der Waals surface area contributed by atoms with Gasteiger partial charge in [0.1, 0.15) is 0 Å². The monoisotopic (exact) mass is 321 g/mol. The minimum atomic E-state index is -4.40. The minimum Gasteiger partial charge on any atom is -0.352 e. The van der Waals surface area contributed by atoms with Crippen molar-refractivity contribution < 1.29 is 26.4 Å². The zero-order valence-corrected chi connectivity index (χ0v) is 11.8. The van der Waals surface area contributed by atoms with Crippen LogP contribution in [0.2, 0.25) is 0 Å². The Morgan fingerprint density at radius 2 is 1.86 bits per heavy atom. The number of benzene rings is 1. The lowest BCUT2D eigenvalue weighted by atomic mass is 10.1. The fraction of sp³-hybridized carbons (Fsp3) is 0.462. The molecule has 1 aromatic rings. The van der Waals surface area contributed by atoms with E-state index in [4.69, 9.17) is 0 Å². The van der Waals surface area contributed by atoms with Crippen LogP contribution in [-0.4, -0.2) is 31.9 Å². The average Bonchev–Trinajstić information content (AvgIpc) is 2.68. The molecule has 116 valence electrons. The average molecular weight is 321 g/mol. The molecule has 0 spiro atoms. The number of carbonyl (C=O) groups is 1. The van der Waals surface area contributed by atoms with Gasteiger partial charge in [-0.15, -0.1) is 0 Å². The molecule has 2 rings (SSSR count). The van der Waals surface area contributed by atoms with Crippen LogP contribution in [0.4, 0.5) is 13.2 Å². The Hall–Kier alpha value is -1.57. The molecule has 0 radical (unpaired) electrons. The summed E-state index contributed by atoms with van der Waals surface area (Å²) in [4.78, 5) is 11.7. The number of carbonyl (C=O) groups excluding carboxylic acids is 1. The van der Waals surface area contributed by atoms with Gasteiger partial charge >= 0.3 is 6.18 Å². The molecule has 1 amide bonds. The second kappa shape index (κ2) is 5.67. The Morgan fingerprint density at radius 3 is 2.33 bits per heavy atom. The summed E-state index contributed by atoms with van der Waals surface area (Å²) in [6.45, 7) is 0. The van der Waals surface area contributed by atoms with E-state index in [0.29, 0.717) is 12.0 Å². The number of sulfone groups is 1. The van der Waals surface area contributed by atoms with E-state index in [2.05, 4.69) is 5.32 Å². The smallest absolute Gasteiger partial charge is 0.352 e. The zero-order chi connectivity index (χ0) is 15.7. The van der Waals surface area contributed by atoms with Gasteiger partial charge in [-0.25, -0.2) is 8.42 Å². The number of hydrogen-bond acceptors (Lipinski definition) is 3. The number of nitrogens with one attached hydrogen (secondary N) is 1. The van der Waals surface area contributed by atoms with Crippen molar-refractivity contribution >= 4 is 15.7 Å². The number of rotatable bonds is 3. The van der Waals surface area contributed by atoms with Gasteiger partial charge in [0.2, 0.25) is 5.91 Å². The van der Waals surface area contributed by atoms with Crippen molar-refractivity contribution in [1.82, 2.24) is 5.32 Å². The van der Waals surface area contributed by atoms with Gasteiger partial charge in [-0.3, -0.25) is 4.79 Å². The normalized spacial score (nSPS) is 21.2. The van der Waals surface area contributed by atoms with Gasteiger partial charge in [-0.05, 0) is 24.1 Å². The van der Waals surface area contributed by atoms with Crippen molar-refractivity contribution in [1.29, 1.82) is 0 Å². The summed E-state index contributed by atoms with van der Waals surface area (Å²) in [5, 5.41) is 2.59. The SMILES string of the molecule is O=C(Cc1ccc(C(F)(F)F)cc1)NC1CCS(=O)(=O)C1. The molecule has 1 atom stereocenters. The first kappa shape index (κ1) is 15.8. The Bertz CT molecular complexity index is 623. The lowest BCUT2D eigenvalue weighted by Gasteiger charge is -2.11. The third-order valence-corrected chi connectivity index (χ3v) is 5.01. The van der Waals surface area contributed by atoms with E-state index in [1.165, 1.54) is 12.1 Å². The van der Waals surface area contributed by atoms with Crippen LogP contribution in [0.15, 0.2) is 24.3 Å².